The standard InChI is InChI=1S/C22H27N3O2/c1-13(26)21-22(25(2)12-24-21)17-5-3-14(4-6-17)11-18(27)20(23)19(15-7-8-15)16-9-10-16/h3-6,12,15-16,19-20H,7-11,23H2,1-2H3/t20-/m1/s1. The van der Waals surface area contributed by atoms with Crippen LogP contribution in [0.2, 0.25) is 0 Å². The van der Waals surface area contributed by atoms with Crippen molar-refractivity contribution in [3.63, 3.8) is 0 Å². The van der Waals surface area contributed by atoms with Crippen molar-refractivity contribution in [2.75, 3.05) is 0 Å². The van der Waals surface area contributed by atoms with Crippen LogP contribution in [0.3, 0.4) is 0 Å². The fourth-order valence-corrected chi connectivity index (χ4v) is 4.28. The summed E-state index contributed by atoms with van der Waals surface area (Å²) >= 11 is 0. The topological polar surface area (TPSA) is 78.0 Å². The van der Waals surface area contributed by atoms with Crippen LogP contribution in [0.25, 0.3) is 11.3 Å². The zero-order valence-corrected chi connectivity index (χ0v) is 16.0. The number of carbonyl (C=O) groups is 2. The first kappa shape index (κ1) is 18.1. The Morgan fingerprint density at radius 1 is 1.15 bits per heavy atom. The molecular weight excluding hydrogens is 338 g/mol. The molecule has 5 nitrogen and oxygen atoms in total. The first-order chi connectivity index (χ1) is 13.0. The fraction of sp³-hybridized carbons (Fsp3) is 0.500. The maximum absolute atomic E-state index is 12.7. The van der Waals surface area contributed by atoms with Gasteiger partial charge in [-0.3, -0.25) is 9.59 Å². The summed E-state index contributed by atoms with van der Waals surface area (Å²) in [4.78, 5) is 28.7. The Morgan fingerprint density at radius 3 is 2.26 bits per heavy atom. The lowest BCUT2D eigenvalue weighted by atomic mass is 9.86. The predicted molar refractivity (Wildman–Crippen MR) is 104 cm³/mol. The van der Waals surface area contributed by atoms with Crippen LogP contribution in [-0.2, 0) is 18.3 Å². The van der Waals surface area contributed by atoms with E-state index in [1.807, 2.05) is 35.9 Å². The highest BCUT2D eigenvalue weighted by molar-refractivity contribution is 5.98. The number of hydrogen-bond acceptors (Lipinski definition) is 4. The fourth-order valence-electron chi connectivity index (χ4n) is 4.28. The molecule has 0 bridgehead atoms. The van der Waals surface area contributed by atoms with Crippen molar-refractivity contribution in [1.82, 2.24) is 9.55 Å². The van der Waals surface area contributed by atoms with Crippen LogP contribution < -0.4 is 5.73 Å². The molecule has 142 valence electrons. The van der Waals surface area contributed by atoms with E-state index in [0.717, 1.165) is 16.8 Å². The number of benzene rings is 1. The van der Waals surface area contributed by atoms with Crippen molar-refractivity contribution in [2.24, 2.45) is 30.5 Å². The SMILES string of the molecule is CC(=O)c1ncn(C)c1-c1ccc(CC(=O)[C@@H](N)C(C2CC2)C2CC2)cc1. The molecule has 0 unspecified atom stereocenters. The minimum atomic E-state index is -0.328. The number of carbonyl (C=O) groups excluding carboxylic acids is 2. The minimum absolute atomic E-state index is 0.0537. The summed E-state index contributed by atoms with van der Waals surface area (Å²) < 4.78 is 1.85. The van der Waals surface area contributed by atoms with Crippen LogP contribution in [0.1, 0.15) is 48.7 Å². The molecule has 2 N–H and O–H groups in total. The van der Waals surface area contributed by atoms with Gasteiger partial charge in [-0.05, 0) is 49.0 Å². The number of nitrogens with two attached hydrogens (primary N) is 1. The van der Waals surface area contributed by atoms with Gasteiger partial charge in [0.2, 0.25) is 0 Å². The zero-order valence-electron chi connectivity index (χ0n) is 16.0. The van der Waals surface area contributed by atoms with Crippen molar-refractivity contribution in [2.45, 2.75) is 45.1 Å². The summed E-state index contributed by atoms with van der Waals surface area (Å²) in [5.74, 6) is 1.84. The Morgan fingerprint density at radius 2 is 1.74 bits per heavy atom. The van der Waals surface area contributed by atoms with Crippen LogP contribution in [0.4, 0.5) is 0 Å². The van der Waals surface area contributed by atoms with Crippen molar-refractivity contribution < 1.29 is 9.59 Å². The summed E-state index contributed by atoms with van der Waals surface area (Å²) in [5.41, 5.74) is 9.54. The highest BCUT2D eigenvalue weighted by atomic mass is 16.1. The molecule has 2 saturated carbocycles. The Bertz CT molecular complexity index is 848. The molecule has 27 heavy (non-hydrogen) atoms. The van der Waals surface area contributed by atoms with E-state index >= 15 is 0 Å². The van der Waals surface area contributed by atoms with Crippen LogP contribution in [0, 0.1) is 17.8 Å². The maximum atomic E-state index is 12.7. The summed E-state index contributed by atoms with van der Waals surface area (Å²) in [5, 5.41) is 0. The van der Waals surface area contributed by atoms with Gasteiger partial charge in [0.15, 0.2) is 11.6 Å². The minimum Gasteiger partial charge on any atom is -0.333 e. The third kappa shape index (κ3) is 3.74. The van der Waals surface area contributed by atoms with E-state index in [1.54, 1.807) is 6.33 Å². The van der Waals surface area contributed by atoms with E-state index in [4.69, 9.17) is 5.73 Å². The van der Waals surface area contributed by atoms with Gasteiger partial charge in [0.1, 0.15) is 5.69 Å². The Labute approximate surface area is 160 Å². The van der Waals surface area contributed by atoms with Crippen LogP contribution in [0.15, 0.2) is 30.6 Å². The van der Waals surface area contributed by atoms with Crippen molar-refractivity contribution in [3.05, 3.63) is 41.9 Å². The van der Waals surface area contributed by atoms with Gasteiger partial charge in [0.05, 0.1) is 18.1 Å². The molecule has 2 aromatic rings. The number of imidazole rings is 1. The van der Waals surface area contributed by atoms with Gasteiger partial charge >= 0.3 is 0 Å². The molecule has 2 aliphatic rings. The number of aromatic nitrogens is 2. The van der Waals surface area contributed by atoms with Gasteiger partial charge in [-0.15, -0.1) is 0 Å². The number of aryl methyl sites for hydroxylation is 1. The smallest absolute Gasteiger partial charge is 0.180 e. The molecule has 0 amide bonds. The Kier molecular flexibility index (Phi) is 4.72. The van der Waals surface area contributed by atoms with Gasteiger partial charge in [-0.25, -0.2) is 4.98 Å². The van der Waals surface area contributed by atoms with Crippen LogP contribution in [0.5, 0.6) is 0 Å². The molecule has 2 fully saturated rings. The lowest BCUT2D eigenvalue weighted by molar-refractivity contribution is -0.121. The highest BCUT2D eigenvalue weighted by Crippen LogP contribution is 2.50. The van der Waals surface area contributed by atoms with Gasteiger partial charge < -0.3 is 10.3 Å². The van der Waals surface area contributed by atoms with E-state index in [0.29, 0.717) is 29.9 Å². The van der Waals surface area contributed by atoms with Crippen molar-refractivity contribution in [3.8, 4) is 11.3 Å². The Balaban J connectivity index is 1.47. The van der Waals surface area contributed by atoms with Gasteiger partial charge in [0.25, 0.3) is 0 Å². The second kappa shape index (κ2) is 7.04. The summed E-state index contributed by atoms with van der Waals surface area (Å²) in [6.45, 7) is 1.52. The van der Waals surface area contributed by atoms with E-state index in [-0.39, 0.29) is 17.6 Å². The molecule has 1 atom stereocenters. The summed E-state index contributed by atoms with van der Waals surface area (Å²) in [6.07, 6.45) is 6.97. The normalized spacial score (nSPS) is 17.9. The molecule has 1 heterocycles. The molecule has 5 heteroatoms. The molecule has 4 rings (SSSR count). The number of Topliss-reactive ketones (excluding diaryl/α,β-unsaturated/α-hetero) is 2. The number of hydrogen-bond donors (Lipinski definition) is 1. The quantitative estimate of drug-likeness (QED) is 0.729. The summed E-state index contributed by atoms with van der Waals surface area (Å²) in [7, 11) is 1.88. The van der Waals surface area contributed by atoms with Crippen molar-refractivity contribution >= 4 is 11.6 Å². The average molecular weight is 365 g/mol. The first-order valence-corrected chi connectivity index (χ1v) is 9.85. The van der Waals surface area contributed by atoms with E-state index in [2.05, 4.69) is 4.98 Å². The maximum Gasteiger partial charge on any atom is 0.180 e. The van der Waals surface area contributed by atoms with E-state index in [9.17, 15) is 9.59 Å². The van der Waals surface area contributed by atoms with E-state index < -0.39 is 0 Å². The van der Waals surface area contributed by atoms with Crippen molar-refractivity contribution in [1.29, 1.82) is 0 Å². The number of ketones is 2. The zero-order chi connectivity index (χ0) is 19.1. The van der Waals surface area contributed by atoms with Gasteiger partial charge in [-0.1, -0.05) is 24.3 Å². The molecule has 0 spiro atoms. The third-order valence-electron chi connectivity index (χ3n) is 6.00. The summed E-state index contributed by atoms with van der Waals surface area (Å²) in [6, 6.07) is 7.50. The Hall–Kier alpha value is -2.27. The van der Waals surface area contributed by atoms with Gasteiger partial charge in [-0.2, -0.15) is 0 Å². The molecule has 2 aliphatic carbocycles. The van der Waals surface area contributed by atoms with Crippen LogP contribution >= 0.6 is 0 Å². The monoisotopic (exact) mass is 365 g/mol. The molecule has 0 saturated heterocycles. The first-order valence-electron chi connectivity index (χ1n) is 9.85. The molecule has 0 aliphatic heterocycles. The highest BCUT2D eigenvalue weighted by Gasteiger charge is 2.46. The molecular formula is C22H27N3O2. The lowest BCUT2D eigenvalue weighted by Gasteiger charge is -2.22. The van der Waals surface area contributed by atoms with Crippen LogP contribution in [-0.4, -0.2) is 27.2 Å². The number of nitrogens with zero attached hydrogens (tertiary/aromatic N) is 2. The molecule has 0 radical (unpaired) electrons. The van der Waals surface area contributed by atoms with E-state index in [1.165, 1.54) is 32.6 Å². The second-order valence-corrected chi connectivity index (χ2v) is 8.23. The molecule has 1 aromatic carbocycles. The third-order valence-corrected chi connectivity index (χ3v) is 6.00. The molecule has 1 aromatic heterocycles. The second-order valence-electron chi connectivity index (χ2n) is 8.23. The van der Waals surface area contributed by atoms with Gasteiger partial charge in [0, 0.05) is 26.0 Å². The average Bonchev–Trinajstić information content (AvgIpc) is 3.56. The lowest BCUT2D eigenvalue weighted by Crippen LogP contribution is -2.41. The largest absolute Gasteiger partial charge is 0.333 e. The number of rotatable bonds is 8. The predicted octanol–water partition coefficient (Wildman–Crippen LogP) is 3.16.